The normalized spacial score (nSPS) is 36.1. The molecule has 0 aromatic carbocycles. The number of thioether (sulfide) groups is 1. The van der Waals surface area contributed by atoms with E-state index in [1.165, 1.54) is 12.8 Å². The molecule has 2 bridgehead atoms. The van der Waals surface area contributed by atoms with E-state index < -0.39 is 0 Å². The minimum absolute atomic E-state index is 0.351. The van der Waals surface area contributed by atoms with E-state index >= 15 is 0 Å². The fourth-order valence-electron chi connectivity index (χ4n) is 2.72. The molecule has 0 aromatic heterocycles. The molecule has 2 heterocycles. The summed E-state index contributed by atoms with van der Waals surface area (Å²) in [4.78, 5) is 14.7. The highest BCUT2D eigenvalue weighted by atomic mass is 79.9. The van der Waals surface area contributed by atoms with E-state index in [4.69, 9.17) is 0 Å². The lowest BCUT2D eigenvalue weighted by molar-refractivity contribution is -0.132. The molecule has 0 aromatic rings. The number of hydrogen-bond acceptors (Lipinski definition) is 2. The molecule has 0 aliphatic carbocycles. The number of carbonyl (C=O) groups excluding carboxylic acids is 1. The fourth-order valence-corrected chi connectivity index (χ4v) is 3.97. The third-order valence-electron chi connectivity index (χ3n) is 3.23. The van der Waals surface area contributed by atoms with Crippen LogP contribution in [0.3, 0.4) is 0 Å². The van der Waals surface area contributed by atoms with Gasteiger partial charge in [0.25, 0.3) is 0 Å². The van der Waals surface area contributed by atoms with Crippen molar-refractivity contribution in [2.24, 2.45) is 0 Å². The zero-order chi connectivity index (χ0) is 10.1. The van der Waals surface area contributed by atoms with Crippen LogP contribution < -0.4 is 0 Å². The molecule has 2 saturated heterocycles. The third-order valence-corrected chi connectivity index (χ3v) is 4.51. The summed E-state index contributed by atoms with van der Waals surface area (Å²) in [5.41, 5.74) is 0. The van der Waals surface area contributed by atoms with Gasteiger partial charge in [0.05, 0.1) is 5.75 Å². The Morgan fingerprint density at radius 2 is 2.00 bits per heavy atom. The molecule has 0 radical (unpaired) electrons. The number of amides is 1. The molecule has 2 unspecified atom stereocenters. The van der Waals surface area contributed by atoms with E-state index in [1.54, 1.807) is 11.8 Å². The minimum Gasteiger partial charge on any atom is -0.336 e. The summed E-state index contributed by atoms with van der Waals surface area (Å²) in [5.74, 6) is 1.00. The summed E-state index contributed by atoms with van der Waals surface area (Å²) >= 11 is 5.31. The van der Waals surface area contributed by atoms with Crippen molar-refractivity contribution in [3.05, 3.63) is 0 Å². The molecule has 2 aliphatic rings. The average molecular weight is 278 g/mol. The van der Waals surface area contributed by atoms with Gasteiger partial charge in [-0.15, -0.1) is 0 Å². The van der Waals surface area contributed by atoms with Gasteiger partial charge in [-0.05, 0) is 31.9 Å². The van der Waals surface area contributed by atoms with E-state index in [9.17, 15) is 4.79 Å². The van der Waals surface area contributed by atoms with Crippen LogP contribution in [0.25, 0.3) is 0 Å². The van der Waals surface area contributed by atoms with Gasteiger partial charge in [0.2, 0.25) is 5.91 Å². The van der Waals surface area contributed by atoms with Gasteiger partial charge in [-0.2, -0.15) is 11.8 Å². The smallest absolute Gasteiger partial charge is 0.233 e. The maximum Gasteiger partial charge on any atom is 0.233 e. The summed E-state index contributed by atoms with van der Waals surface area (Å²) < 4.78 is 0. The van der Waals surface area contributed by atoms with Crippen molar-refractivity contribution in [3.63, 3.8) is 0 Å². The predicted molar refractivity (Wildman–Crippen MR) is 64.0 cm³/mol. The zero-order valence-corrected chi connectivity index (χ0v) is 10.8. The Morgan fingerprint density at radius 3 is 2.50 bits per heavy atom. The Hall–Kier alpha value is 0.300. The van der Waals surface area contributed by atoms with Crippen molar-refractivity contribution < 1.29 is 4.79 Å². The number of hydrogen-bond donors (Lipinski definition) is 0. The van der Waals surface area contributed by atoms with Gasteiger partial charge in [0, 0.05) is 16.9 Å². The van der Waals surface area contributed by atoms with E-state index in [-0.39, 0.29) is 0 Å². The van der Waals surface area contributed by atoms with Gasteiger partial charge in [-0.1, -0.05) is 15.9 Å². The summed E-state index contributed by atoms with van der Waals surface area (Å²) in [6.07, 6.45) is 6.73. The second kappa shape index (κ2) is 4.44. The number of carbonyl (C=O) groups is 1. The van der Waals surface area contributed by atoms with Crippen LogP contribution in [0.4, 0.5) is 0 Å². The van der Waals surface area contributed by atoms with Crippen LogP contribution in [0.2, 0.25) is 0 Å². The summed E-state index contributed by atoms with van der Waals surface area (Å²) in [5, 5.41) is 0. The largest absolute Gasteiger partial charge is 0.336 e. The van der Waals surface area contributed by atoms with Crippen molar-refractivity contribution >= 4 is 33.6 Å². The predicted octanol–water partition coefficient (Wildman–Crippen LogP) is 2.27. The molecule has 2 fully saturated rings. The Morgan fingerprint density at radius 1 is 1.43 bits per heavy atom. The lowest BCUT2D eigenvalue weighted by Crippen LogP contribution is -2.47. The van der Waals surface area contributed by atoms with Crippen molar-refractivity contribution in [2.75, 3.05) is 12.0 Å². The van der Waals surface area contributed by atoms with Gasteiger partial charge >= 0.3 is 0 Å². The first-order chi connectivity index (χ1) is 6.72. The summed E-state index contributed by atoms with van der Waals surface area (Å²) in [6, 6.07) is 1.05. The maximum atomic E-state index is 11.9. The lowest BCUT2D eigenvalue weighted by Gasteiger charge is -2.37. The van der Waals surface area contributed by atoms with E-state index in [0.29, 0.717) is 28.6 Å². The van der Waals surface area contributed by atoms with Crippen LogP contribution >= 0.6 is 27.7 Å². The van der Waals surface area contributed by atoms with E-state index in [2.05, 4.69) is 20.8 Å². The SMILES string of the molecule is CSCC(=O)N1C2CCC1CC(Br)C2. The Balaban J connectivity index is 2.03. The number of nitrogens with zero attached hydrogens (tertiary/aromatic N) is 1. The van der Waals surface area contributed by atoms with Crippen LogP contribution in [-0.2, 0) is 4.79 Å². The van der Waals surface area contributed by atoms with Gasteiger partial charge < -0.3 is 4.90 Å². The van der Waals surface area contributed by atoms with Crippen LogP contribution in [0.1, 0.15) is 25.7 Å². The Kier molecular flexibility index (Phi) is 3.42. The molecule has 4 heteroatoms. The highest BCUT2D eigenvalue weighted by Crippen LogP contribution is 2.38. The topological polar surface area (TPSA) is 20.3 Å². The molecular weight excluding hydrogens is 262 g/mol. The van der Waals surface area contributed by atoms with Gasteiger partial charge in [-0.25, -0.2) is 0 Å². The molecule has 0 spiro atoms. The summed E-state index contributed by atoms with van der Waals surface area (Å²) in [6.45, 7) is 0. The van der Waals surface area contributed by atoms with Crippen molar-refractivity contribution in [1.29, 1.82) is 0 Å². The van der Waals surface area contributed by atoms with Gasteiger partial charge in [-0.3, -0.25) is 4.79 Å². The number of alkyl halides is 1. The first-order valence-electron chi connectivity index (χ1n) is 5.16. The Bertz CT molecular complexity index is 222. The minimum atomic E-state index is 0.351. The van der Waals surface area contributed by atoms with Crippen LogP contribution in [0.5, 0.6) is 0 Å². The average Bonchev–Trinajstić information content (AvgIpc) is 2.39. The van der Waals surface area contributed by atoms with Gasteiger partial charge in [0.1, 0.15) is 0 Å². The van der Waals surface area contributed by atoms with Crippen LogP contribution in [0, 0.1) is 0 Å². The molecule has 0 N–H and O–H groups in total. The maximum absolute atomic E-state index is 11.9. The molecular formula is C10H16BrNOS. The highest BCUT2D eigenvalue weighted by Gasteiger charge is 2.41. The molecule has 0 saturated carbocycles. The molecule has 80 valence electrons. The van der Waals surface area contributed by atoms with Gasteiger partial charge in [0.15, 0.2) is 0 Å². The van der Waals surface area contributed by atoms with Crippen LogP contribution in [-0.4, -0.2) is 39.7 Å². The van der Waals surface area contributed by atoms with E-state index in [1.807, 2.05) is 6.26 Å². The summed E-state index contributed by atoms with van der Waals surface area (Å²) in [7, 11) is 0. The molecule has 1 amide bonds. The molecule has 2 atom stereocenters. The first-order valence-corrected chi connectivity index (χ1v) is 7.47. The molecule has 2 nitrogen and oxygen atoms in total. The number of piperidine rings is 1. The lowest BCUT2D eigenvalue weighted by atomic mass is 10.0. The van der Waals surface area contributed by atoms with Crippen molar-refractivity contribution in [2.45, 2.75) is 42.6 Å². The number of rotatable bonds is 2. The standard InChI is InChI=1S/C10H16BrNOS/c1-14-6-10(13)12-8-2-3-9(12)5-7(11)4-8/h7-9H,2-6H2,1H3. The third kappa shape index (κ3) is 1.96. The van der Waals surface area contributed by atoms with E-state index in [0.717, 1.165) is 12.8 Å². The number of fused-ring (bicyclic) bond motifs is 2. The Labute approximate surface area is 97.9 Å². The monoisotopic (exact) mass is 277 g/mol. The molecule has 14 heavy (non-hydrogen) atoms. The fraction of sp³-hybridized carbons (Fsp3) is 0.900. The second-order valence-corrected chi connectivity index (χ2v) is 6.35. The van der Waals surface area contributed by atoms with Crippen molar-refractivity contribution in [3.8, 4) is 0 Å². The zero-order valence-electron chi connectivity index (χ0n) is 8.41. The molecule has 2 aliphatic heterocycles. The quantitative estimate of drug-likeness (QED) is 0.722. The highest BCUT2D eigenvalue weighted by molar-refractivity contribution is 9.09. The van der Waals surface area contributed by atoms with Crippen molar-refractivity contribution in [1.82, 2.24) is 4.90 Å². The molecule has 2 rings (SSSR count). The van der Waals surface area contributed by atoms with Crippen LogP contribution in [0.15, 0.2) is 0 Å². The first kappa shape index (κ1) is 10.8. The number of halogens is 1. The second-order valence-electron chi connectivity index (χ2n) is 4.19.